The lowest BCUT2D eigenvalue weighted by Gasteiger charge is -2.27. The van der Waals surface area contributed by atoms with Crippen LogP contribution in [0.25, 0.3) is 28.0 Å². The van der Waals surface area contributed by atoms with Crippen LogP contribution in [0.5, 0.6) is 11.6 Å². The molecule has 38 heavy (non-hydrogen) atoms. The first-order chi connectivity index (χ1) is 18.5. The standard InChI is InChI=1S/C27H14BrN5O5/c28-18-10-3-1-8-16(18)24-30-25-22-20(14-6-5-7-15(12-14)33(35)36)21-23(38-26(22)29-13-32(25)31-24)17-9-2-4-11-19(17)37-27(21)34/h1-13,20H. The van der Waals surface area contributed by atoms with Crippen molar-refractivity contribution in [3.63, 3.8) is 0 Å². The molecule has 11 heteroatoms. The second-order valence-corrected chi connectivity index (χ2v) is 9.52. The molecule has 1 aliphatic rings. The molecule has 6 aromatic rings. The summed E-state index contributed by atoms with van der Waals surface area (Å²) in [6, 6.07) is 20.7. The minimum Gasteiger partial charge on any atom is -0.437 e. The molecule has 0 fully saturated rings. The first-order valence-corrected chi connectivity index (χ1v) is 12.3. The fraction of sp³-hybridized carbons (Fsp3) is 0.0370. The van der Waals surface area contributed by atoms with E-state index in [0.29, 0.717) is 39.3 Å². The van der Waals surface area contributed by atoms with E-state index in [-0.39, 0.29) is 17.1 Å². The lowest BCUT2D eigenvalue weighted by Crippen LogP contribution is -2.22. The number of non-ortho nitro benzene ring substituents is 1. The Kier molecular flexibility index (Phi) is 4.88. The van der Waals surface area contributed by atoms with E-state index in [1.807, 2.05) is 30.3 Å². The van der Waals surface area contributed by atoms with Gasteiger partial charge in [0.2, 0.25) is 5.88 Å². The number of aromatic nitrogens is 4. The molecule has 1 atom stereocenters. The number of hydrogen-bond acceptors (Lipinski definition) is 8. The van der Waals surface area contributed by atoms with Crippen LogP contribution < -0.4 is 10.4 Å². The third-order valence-electron chi connectivity index (χ3n) is 6.49. The summed E-state index contributed by atoms with van der Waals surface area (Å²) in [6.07, 6.45) is 1.49. The molecule has 0 spiro atoms. The number of hydrogen-bond donors (Lipinski definition) is 0. The van der Waals surface area contributed by atoms with E-state index in [0.717, 1.165) is 10.0 Å². The summed E-state index contributed by atoms with van der Waals surface area (Å²) in [5, 5.41) is 16.8. The molecule has 0 saturated heterocycles. The van der Waals surface area contributed by atoms with Crippen LogP contribution in [-0.2, 0) is 0 Å². The highest BCUT2D eigenvalue weighted by molar-refractivity contribution is 9.10. The molecule has 1 aliphatic heterocycles. The van der Waals surface area contributed by atoms with E-state index in [2.05, 4.69) is 26.0 Å². The Hall–Kier alpha value is -4.90. The van der Waals surface area contributed by atoms with Crippen molar-refractivity contribution in [2.75, 3.05) is 0 Å². The average Bonchev–Trinajstić information content (AvgIpc) is 3.37. The first-order valence-electron chi connectivity index (χ1n) is 11.5. The van der Waals surface area contributed by atoms with Gasteiger partial charge in [0.15, 0.2) is 17.2 Å². The highest BCUT2D eigenvalue weighted by atomic mass is 79.9. The molecule has 4 heterocycles. The molecule has 0 radical (unpaired) electrons. The van der Waals surface area contributed by atoms with Crippen LogP contribution in [0.4, 0.5) is 5.69 Å². The minimum atomic E-state index is -0.818. The summed E-state index contributed by atoms with van der Waals surface area (Å²) in [5.41, 5.74) is 1.94. The maximum Gasteiger partial charge on any atom is 0.344 e. The van der Waals surface area contributed by atoms with E-state index >= 15 is 0 Å². The smallest absolute Gasteiger partial charge is 0.344 e. The molecule has 184 valence electrons. The van der Waals surface area contributed by atoms with Gasteiger partial charge >= 0.3 is 5.63 Å². The second-order valence-electron chi connectivity index (χ2n) is 8.66. The number of nitrogens with zero attached hydrogens (tertiary/aromatic N) is 5. The Balaban J connectivity index is 1.56. The van der Waals surface area contributed by atoms with Crippen LogP contribution in [0, 0.1) is 10.1 Å². The van der Waals surface area contributed by atoms with Gasteiger partial charge in [0.25, 0.3) is 5.69 Å². The summed E-state index contributed by atoms with van der Waals surface area (Å²) in [6.45, 7) is 0. The van der Waals surface area contributed by atoms with Gasteiger partial charge in [-0.1, -0.05) is 52.3 Å². The van der Waals surface area contributed by atoms with Crippen molar-refractivity contribution in [3.8, 4) is 23.0 Å². The summed E-state index contributed by atoms with van der Waals surface area (Å²) in [5.74, 6) is 0.135. The van der Waals surface area contributed by atoms with Gasteiger partial charge in [0.05, 0.1) is 27.4 Å². The molecule has 0 aliphatic carbocycles. The van der Waals surface area contributed by atoms with Gasteiger partial charge in [0.1, 0.15) is 11.9 Å². The fourth-order valence-corrected chi connectivity index (χ4v) is 5.30. The molecule has 7 rings (SSSR count). The highest BCUT2D eigenvalue weighted by Gasteiger charge is 2.38. The van der Waals surface area contributed by atoms with Crippen molar-refractivity contribution in [2.45, 2.75) is 5.92 Å². The SMILES string of the molecule is O=c1oc2ccccc2c2c1C(c1cccc([N+](=O)[O-])c1)c1c(ncn3nc(-c4ccccc4Br)nc13)O2. The van der Waals surface area contributed by atoms with Crippen molar-refractivity contribution in [2.24, 2.45) is 0 Å². The third-order valence-corrected chi connectivity index (χ3v) is 7.18. The highest BCUT2D eigenvalue weighted by Crippen LogP contribution is 2.49. The molecule has 1 unspecified atom stereocenters. The lowest BCUT2D eigenvalue weighted by molar-refractivity contribution is -0.384. The van der Waals surface area contributed by atoms with Gasteiger partial charge in [-0.05, 0) is 29.8 Å². The van der Waals surface area contributed by atoms with Gasteiger partial charge in [0, 0.05) is 22.2 Å². The number of fused-ring (bicyclic) bond motifs is 6. The predicted molar refractivity (Wildman–Crippen MR) is 141 cm³/mol. The molecule has 0 bridgehead atoms. The Labute approximate surface area is 221 Å². The molecule has 0 saturated carbocycles. The normalized spacial score (nSPS) is 14.2. The zero-order valence-corrected chi connectivity index (χ0v) is 20.8. The molecule has 3 aromatic carbocycles. The largest absolute Gasteiger partial charge is 0.437 e. The number of halogens is 1. The number of para-hydroxylation sites is 1. The summed E-state index contributed by atoms with van der Waals surface area (Å²) in [7, 11) is 0. The molecule has 10 nitrogen and oxygen atoms in total. The van der Waals surface area contributed by atoms with Crippen LogP contribution in [0.1, 0.15) is 22.6 Å². The summed E-state index contributed by atoms with van der Waals surface area (Å²) >= 11 is 3.54. The number of benzene rings is 3. The van der Waals surface area contributed by atoms with Gasteiger partial charge in [-0.2, -0.15) is 0 Å². The summed E-state index contributed by atoms with van der Waals surface area (Å²) in [4.78, 5) is 33.9. The lowest BCUT2D eigenvalue weighted by atomic mass is 9.84. The molecular formula is C27H14BrN5O5. The first kappa shape index (κ1) is 22.3. The number of nitro groups is 1. The Morgan fingerprint density at radius 3 is 2.66 bits per heavy atom. The van der Waals surface area contributed by atoms with E-state index < -0.39 is 16.5 Å². The van der Waals surface area contributed by atoms with Gasteiger partial charge in [-0.15, -0.1) is 5.10 Å². The number of nitro benzene ring substituents is 1. The zero-order valence-electron chi connectivity index (χ0n) is 19.2. The van der Waals surface area contributed by atoms with Gasteiger partial charge in [-0.25, -0.2) is 19.3 Å². The second kappa shape index (κ2) is 8.32. The van der Waals surface area contributed by atoms with Crippen molar-refractivity contribution in [1.82, 2.24) is 19.6 Å². The fourth-order valence-electron chi connectivity index (χ4n) is 4.84. The van der Waals surface area contributed by atoms with Crippen molar-refractivity contribution in [1.29, 1.82) is 0 Å². The average molecular weight is 568 g/mol. The Morgan fingerprint density at radius 2 is 1.82 bits per heavy atom. The van der Waals surface area contributed by atoms with Crippen molar-refractivity contribution in [3.05, 3.63) is 121 Å². The van der Waals surface area contributed by atoms with Crippen LogP contribution in [0.2, 0.25) is 0 Å². The topological polar surface area (TPSA) is 126 Å². The van der Waals surface area contributed by atoms with E-state index in [9.17, 15) is 14.9 Å². The summed E-state index contributed by atoms with van der Waals surface area (Å²) < 4.78 is 14.2. The molecular weight excluding hydrogens is 554 g/mol. The van der Waals surface area contributed by atoms with Crippen LogP contribution in [-0.4, -0.2) is 24.5 Å². The monoisotopic (exact) mass is 567 g/mol. The number of ether oxygens (including phenoxy) is 1. The van der Waals surface area contributed by atoms with Crippen LogP contribution in [0.15, 0.2) is 92.8 Å². The van der Waals surface area contributed by atoms with Gasteiger partial charge < -0.3 is 9.15 Å². The number of rotatable bonds is 3. The third kappa shape index (κ3) is 3.32. The van der Waals surface area contributed by atoms with Crippen LogP contribution in [0.3, 0.4) is 0 Å². The Bertz CT molecular complexity index is 2000. The van der Waals surface area contributed by atoms with E-state index in [1.54, 1.807) is 30.3 Å². The van der Waals surface area contributed by atoms with Crippen molar-refractivity contribution >= 4 is 38.2 Å². The maximum absolute atomic E-state index is 13.4. The molecule has 0 N–H and O–H groups in total. The van der Waals surface area contributed by atoms with E-state index in [1.165, 1.54) is 23.0 Å². The molecule has 3 aromatic heterocycles. The quantitative estimate of drug-likeness (QED) is 0.148. The zero-order chi connectivity index (χ0) is 26.0. The molecule has 0 amide bonds. The van der Waals surface area contributed by atoms with Gasteiger partial charge in [-0.3, -0.25) is 10.1 Å². The minimum absolute atomic E-state index is 0.113. The predicted octanol–water partition coefficient (Wildman–Crippen LogP) is 5.85. The van der Waals surface area contributed by atoms with Crippen molar-refractivity contribution < 1.29 is 14.1 Å². The van der Waals surface area contributed by atoms with E-state index in [4.69, 9.17) is 14.1 Å². The maximum atomic E-state index is 13.4. The van der Waals surface area contributed by atoms with Crippen LogP contribution >= 0.6 is 15.9 Å². The Morgan fingerprint density at radius 1 is 1.00 bits per heavy atom.